The highest BCUT2D eigenvalue weighted by Gasteiger charge is 2.20. The van der Waals surface area contributed by atoms with Gasteiger partial charge in [-0.15, -0.1) is 0 Å². The van der Waals surface area contributed by atoms with E-state index in [2.05, 4.69) is 5.32 Å². The summed E-state index contributed by atoms with van der Waals surface area (Å²) in [5.74, 6) is 0.939. The van der Waals surface area contributed by atoms with E-state index >= 15 is 0 Å². The van der Waals surface area contributed by atoms with Gasteiger partial charge in [-0.25, -0.2) is 4.79 Å². The van der Waals surface area contributed by atoms with Gasteiger partial charge in [0.2, 0.25) is 5.43 Å². The second-order valence-corrected chi connectivity index (χ2v) is 9.25. The molecule has 9 nitrogen and oxygen atoms in total. The first-order valence-corrected chi connectivity index (χ1v) is 12.9. The highest BCUT2D eigenvalue weighted by atomic mass is 32.2. The summed E-state index contributed by atoms with van der Waals surface area (Å²) in [6.45, 7) is 2.46. The summed E-state index contributed by atoms with van der Waals surface area (Å²) < 4.78 is 22.9. The highest BCUT2D eigenvalue weighted by molar-refractivity contribution is 7.98. The second kappa shape index (κ2) is 11.4. The number of hydrogen-bond donors (Lipinski definition) is 2. The molecular formula is C26H27NO8S. The molecule has 0 saturated carbocycles. The van der Waals surface area contributed by atoms with Crippen LogP contribution in [0.3, 0.4) is 0 Å². The van der Waals surface area contributed by atoms with Crippen LogP contribution in [0.1, 0.15) is 18.6 Å². The van der Waals surface area contributed by atoms with Gasteiger partial charge in [0, 0.05) is 12.5 Å². The minimum absolute atomic E-state index is 0.203. The lowest BCUT2D eigenvalue weighted by molar-refractivity contribution is -0.142. The van der Waals surface area contributed by atoms with Crippen molar-refractivity contribution < 1.29 is 33.3 Å². The monoisotopic (exact) mass is 513 g/mol. The molecule has 3 aromatic rings. The first-order chi connectivity index (χ1) is 17.4. The minimum atomic E-state index is -1.09. The van der Waals surface area contributed by atoms with Gasteiger partial charge < -0.3 is 29.1 Å². The van der Waals surface area contributed by atoms with Crippen LogP contribution in [0.5, 0.6) is 17.2 Å². The van der Waals surface area contributed by atoms with Crippen LogP contribution >= 0.6 is 11.8 Å². The van der Waals surface area contributed by atoms with Crippen molar-refractivity contribution in [2.45, 2.75) is 25.8 Å². The van der Waals surface area contributed by atoms with Crippen molar-refractivity contribution in [1.29, 1.82) is 0 Å². The molecule has 2 N–H and O–H groups in total. The van der Waals surface area contributed by atoms with E-state index in [0.717, 1.165) is 6.42 Å². The van der Waals surface area contributed by atoms with E-state index in [-0.39, 0.29) is 12.0 Å². The molecule has 2 aromatic carbocycles. The van der Waals surface area contributed by atoms with Gasteiger partial charge in [0.25, 0.3) is 5.91 Å². The van der Waals surface area contributed by atoms with Gasteiger partial charge in [0.15, 0.2) is 18.1 Å². The zero-order valence-electron chi connectivity index (χ0n) is 20.0. The first kappa shape index (κ1) is 25.4. The Kier molecular flexibility index (Phi) is 8.04. The van der Waals surface area contributed by atoms with Crippen molar-refractivity contribution in [3.8, 4) is 28.4 Å². The third kappa shape index (κ3) is 5.76. The van der Waals surface area contributed by atoms with E-state index in [4.69, 9.17) is 18.6 Å². The molecule has 1 aliphatic rings. The average Bonchev–Trinajstić information content (AvgIpc) is 3.10. The number of aliphatic carboxylic acids is 1. The summed E-state index contributed by atoms with van der Waals surface area (Å²) in [7, 11) is 0. The van der Waals surface area contributed by atoms with Crippen molar-refractivity contribution >= 4 is 34.6 Å². The topological polar surface area (TPSA) is 124 Å². The molecule has 1 amide bonds. The fourth-order valence-electron chi connectivity index (χ4n) is 3.91. The van der Waals surface area contributed by atoms with Crippen LogP contribution in [-0.4, -0.2) is 54.9 Å². The van der Waals surface area contributed by atoms with E-state index in [1.54, 1.807) is 37.3 Å². The SMILES string of the molecule is CSCC[C@H](NC(=O)COc1ccc2c(=O)c(-c3ccc4c(c3)OCCCO4)c(C)oc2c1)C(=O)O. The third-order valence-electron chi connectivity index (χ3n) is 5.69. The number of carbonyl (C=O) groups is 2. The van der Waals surface area contributed by atoms with Crippen LogP contribution < -0.4 is 25.0 Å². The molecular weight excluding hydrogens is 486 g/mol. The number of nitrogens with one attached hydrogen (secondary N) is 1. The fraction of sp³-hybridized carbons (Fsp3) is 0.346. The smallest absolute Gasteiger partial charge is 0.326 e. The Morgan fingerprint density at radius 2 is 1.92 bits per heavy atom. The average molecular weight is 514 g/mol. The fourth-order valence-corrected chi connectivity index (χ4v) is 4.38. The normalized spacial score (nSPS) is 13.6. The van der Waals surface area contributed by atoms with Crippen molar-refractivity contribution in [3.05, 3.63) is 52.4 Å². The number of rotatable bonds is 9. The molecule has 1 atom stereocenters. The lowest BCUT2D eigenvalue weighted by Crippen LogP contribution is -2.43. The zero-order chi connectivity index (χ0) is 25.7. The van der Waals surface area contributed by atoms with Gasteiger partial charge >= 0.3 is 5.97 Å². The van der Waals surface area contributed by atoms with Gasteiger partial charge in [-0.1, -0.05) is 6.07 Å². The molecule has 1 aromatic heterocycles. The molecule has 0 saturated heterocycles. The third-order valence-corrected chi connectivity index (χ3v) is 6.33. The Labute approximate surface area is 211 Å². The maximum atomic E-state index is 13.3. The Hall–Kier alpha value is -3.66. The molecule has 0 unspecified atom stereocenters. The van der Waals surface area contributed by atoms with E-state index in [1.807, 2.05) is 6.26 Å². The molecule has 0 spiro atoms. The van der Waals surface area contributed by atoms with E-state index in [1.165, 1.54) is 17.8 Å². The highest BCUT2D eigenvalue weighted by Crippen LogP contribution is 2.35. The molecule has 0 radical (unpaired) electrons. The number of aryl methyl sites for hydroxylation is 1. The maximum absolute atomic E-state index is 13.3. The van der Waals surface area contributed by atoms with Crippen molar-refractivity contribution in [2.75, 3.05) is 31.8 Å². The molecule has 190 valence electrons. The van der Waals surface area contributed by atoms with Crippen LogP contribution in [0.25, 0.3) is 22.1 Å². The molecule has 36 heavy (non-hydrogen) atoms. The Balaban J connectivity index is 1.52. The summed E-state index contributed by atoms with van der Waals surface area (Å²) in [6, 6.07) is 9.09. The largest absolute Gasteiger partial charge is 0.490 e. The molecule has 0 bridgehead atoms. The second-order valence-electron chi connectivity index (χ2n) is 8.26. The molecule has 4 rings (SSSR count). The van der Waals surface area contributed by atoms with Crippen LogP contribution in [0.2, 0.25) is 0 Å². The van der Waals surface area contributed by atoms with Gasteiger partial charge in [-0.05, 0) is 55.2 Å². The number of hydrogen-bond acceptors (Lipinski definition) is 8. The van der Waals surface area contributed by atoms with Crippen LogP contribution in [0.15, 0.2) is 45.6 Å². The Morgan fingerprint density at radius 3 is 2.67 bits per heavy atom. The molecule has 1 aliphatic heterocycles. The van der Waals surface area contributed by atoms with Crippen LogP contribution in [0.4, 0.5) is 0 Å². The number of carboxylic acids is 1. The van der Waals surface area contributed by atoms with Gasteiger partial charge in [0.1, 0.15) is 23.1 Å². The van der Waals surface area contributed by atoms with Gasteiger partial charge in [-0.3, -0.25) is 9.59 Å². The van der Waals surface area contributed by atoms with E-state index in [9.17, 15) is 19.5 Å². The number of benzene rings is 2. The lowest BCUT2D eigenvalue weighted by atomic mass is 10.0. The van der Waals surface area contributed by atoms with Crippen molar-refractivity contribution in [2.24, 2.45) is 0 Å². The van der Waals surface area contributed by atoms with Crippen LogP contribution in [-0.2, 0) is 9.59 Å². The van der Waals surface area contributed by atoms with Crippen molar-refractivity contribution in [3.63, 3.8) is 0 Å². The summed E-state index contributed by atoms with van der Waals surface area (Å²) in [4.78, 5) is 36.9. The number of carboxylic acid groups (broad SMARTS) is 1. The predicted molar refractivity (Wildman–Crippen MR) is 136 cm³/mol. The summed E-state index contributed by atoms with van der Waals surface area (Å²) in [5.41, 5.74) is 1.21. The summed E-state index contributed by atoms with van der Waals surface area (Å²) >= 11 is 1.50. The summed E-state index contributed by atoms with van der Waals surface area (Å²) in [6.07, 6.45) is 2.96. The molecule has 2 heterocycles. The van der Waals surface area contributed by atoms with Gasteiger partial charge in [0.05, 0.1) is 24.2 Å². The predicted octanol–water partition coefficient (Wildman–Crippen LogP) is 3.63. The number of amides is 1. The standard InChI is InChI=1S/C26H27NO8S/c1-15-24(16-4-7-20-22(12-16)33-10-3-9-32-20)25(29)18-6-5-17(13-21(18)35-15)34-14-23(28)27-19(26(30)31)8-11-36-2/h4-7,12-13,19H,3,8-11,14H2,1-2H3,(H,27,28)(H,30,31)/t19-/m0/s1. The zero-order valence-corrected chi connectivity index (χ0v) is 20.8. The Morgan fingerprint density at radius 1 is 1.14 bits per heavy atom. The molecule has 0 fully saturated rings. The quantitative estimate of drug-likeness (QED) is 0.441. The number of ether oxygens (including phenoxy) is 3. The Bertz CT molecular complexity index is 1340. The van der Waals surface area contributed by atoms with Crippen molar-refractivity contribution in [1.82, 2.24) is 5.32 Å². The van der Waals surface area contributed by atoms with Gasteiger partial charge in [-0.2, -0.15) is 11.8 Å². The number of fused-ring (bicyclic) bond motifs is 2. The lowest BCUT2D eigenvalue weighted by Gasteiger charge is -2.14. The molecule has 0 aliphatic carbocycles. The minimum Gasteiger partial charge on any atom is -0.490 e. The number of thioether (sulfide) groups is 1. The maximum Gasteiger partial charge on any atom is 0.326 e. The van der Waals surface area contributed by atoms with E-state index in [0.29, 0.717) is 70.5 Å². The molecule has 10 heteroatoms. The first-order valence-electron chi connectivity index (χ1n) is 11.5. The van der Waals surface area contributed by atoms with E-state index < -0.39 is 17.9 Å². The number of carbonyl (C=O) groups excluding carboxylic acids is 1. The summed E-state index contributed by atoms with van der Waals surface area (Å²) in [5, 5.41) is 12.1. The van der Waals surface area contributed by atoms with Crippen LogP contribution in [0, 0.1) is 6.92 Å².